The lowest BCUT2D eigenvalue weighted by Gasteiger charge is -2.37. The first kappa shape index (κ1) is 22.8. The van der Waals surface area contributed by atoms with E-state index in [4.69, 9.17) is 26.5 Å². The molecule has 176 valence electrons. The van der Waals surface area contributed by atoms with Gasteiger partial charge in [0.1, 0.15) is 5.75 Å². The van der Waals surface area contributed by atoms with Crippen LogP contribution in [0.15, 0.2) is 89.1 Å². The number of anilines is 1. The number of allylic oxidation sites excluding steroid dienone is 1. The molecule has 0 fully saturated rings. The molecule has 0 aliphatic carbocycles. The molecule has 1 unspecified atom stereocenters. The van der Waals surface area contributed by atoms with Crippen LogP contribution in [0.5, 0.6) is 5.75 Å². The van der Waals surface area contributed by atoms with Gasteiger partial charge < -0.3 is 14.6 Å². The van der Waals surface area contributed by atoms with Crippen LogP contribution in [-0.4, -0.2) is 21.9 Å². The Bertz CT molecular complexity index is 1360. The van der Waals surface area contributed by atoms with E-state index < -0.39 is 0 Å². The van der Waals surface area contributed by atoms with Crippen molar-refractivity contribution in [1.82, 2.24) is 15.5 Å². The van der Waals surface area contributed by atoms with E-state index in [1.54, 1.807) is 0 Å². The lowest BCUT2D eigenvalue weighted by molar-refractivity contribution is 0.340. The Labute approximate surface area is 210 Å². The van der Waals surface area contributed by atoms with E-state index in [0.29, 0.717) is 23.4 Å². The minimum atomic E-state index is -0.228. The third-order valence-electron chi connectivity index (χ3n) is 5.99. The first-order chi connectivity index (χ1) is 17.0. The summed E-state index contributed by atoms with van der Waals surface area (Å²) in [7, 11) is 0. The average molecular weight is 483 g/mol. The summed E-state index contributed by atoms with van der Waals surface area (Å²) in [6.07, 6.45) is 0. The van der Waals surface area contributed by atoms with E-state index in [0.717, 1.165) is 33.8 Å². The molecule has 0 amide bonds. The quantitative estimate of drug-likeness (QED) is 0.323. The molecule has 0 spiro atoms. The number of nitrogens with one attached hydrogen (secondary N) is 1. The van der Waals surface area contributed by atoms with Gasteiger partial charge >= 0.3 is 0 Å². The second-order valence-electron chi connectivity index (χ2n) is 8.34. The first-order valence-corrected chi connectivity index (χ1v) is 12.0. The molecule has 0 saturated carbocycles. The van der Waals surface area contributed by atoms with Crippen molar-refractivity contribution in [2.24, 2.45) is 0 Å². The summed E-state index contributed by atoms with van der Waals surface area (Å²) in [5.74, 6) is 1.82. The number of rotatable bonds is 6. The Hall–Kier alpha value is -3.97. The van der Waals surface area contributed by atoms with Gasteiger partial charge in [-0.05, 0) is 62.8 Å². The van der Waals surface area contributed by atoms with Crippen molar-refractivity contribution in [3.8, 4) is 17.1 Å². The fourth-order valence-electron chi connectivity index (χ4n) is 4.24. The minimum Gasteiger partial charge on any atom is -0.494 e. The van der Waals surface area contributed by atoms with Crippen molar-refractivity contribution in [3.63, 3.8) is 0 Å². The predicted octanol–water partition coefficient (Wildman–Crippen LogP) is 6.31. The number of aryl methyl sites for hydroxylation is 1. The van der Waals surface area contributed by atoms with E-state index in [9.17, 15) is 0 Å². The summed E-state index contributed by atoms with van der Waals surface area (Å²) < 4.78 is 11.4. The standard InChI is InChI=1S/C28H26N4O2S/c1-4-33-23-16-14-22(15-17-23)32-19(3)24(25(29-28(32)35)20-8-6-5-7-9-20)27-30-26(31-34-27)21-12-10-18(2)11-13-21/h5-17,25H,4H2,1-3H3,(H,29,35). The highest BCUT2D eigenvalue weighted by Gasteiger charge is 2.34. The van der Waals surface area contributed by atoms with Crippen LogP contribution < -0.4 is 15.0 Å². The molecule has 1 N–H and O–H groups in total. The average Bonchev–Trinajstić information content (AvgIpc) is 3.35. The van der Waals surface area contributed by atoms with E-state index in [2.05, 4.69) is 29.5 Å². The third-order valence-corrected chi connectivity index (χ3v) is 6.29. The lowest BCUT2D eigenvalue weighted by atomic mass is 9.94. The summed E-state index contributed by atoms with van der Waals surface area (Å²) in [5.41, 5.74) is 5.87. The molecule has 6 nitrogen and oxygen atoms in total. The number of hydrogen-bond donors (Lipinski definition) is 1. The van der Waals surface area contributed by atoms with E-state index in [1.807, 2.05) is 85.5 Å². The van der Waals surface area contributed by atoms with Crippen molar-refractivity contribution < 1.29 is 9.26 Å². The van der Waals surface area contributed by atoms with Gasteiger partial charge in [0.05, 0.1) is 18.2 Å². The maximum atomic E-state index is 5.83. The Balaban J connectivity index is 1.61. The topological polar surface area (TPSA) is 63.4 Å². The number of hydrogen-bond acceptors (Lipinski definition) is 5. The fraction of sp³-hybridized carbons (Fsp3) is 0.179. The monoisotopic (exact) mass is 482 g/mol. The molecule has 1 atom stereocenters. The van der Waals surface area contributed by atoms with E-state index in [1.165, 1.54) is 5.56 Å². The molecule has 0 radical (unpaired) electrons. The van der Waals surface area contributed by atoms with Crippen molar-refractivity contribution in [3.05, 3.63) is 102 Å². The molecule has 2 heterocycles. The molecular weight excluding hydrogens is 456 g/mol. The van der Waals surface area contributed by atoms with Gasteiger partial charge in [-0.3, -0.25) is 4.90 Å². The molecule has 1 aliphatic rings. The van der Waals surface area contributed by atoms with Crippen LogP contribution in [0.2, 0.25) is 0 Å². The second kappa shape index (κ2) is 9.72. The fourth-order valence-corrected chi connectivity index (χ4v) is 4.60. The SMILES string of the molecule is CCOc1ccc(N2C(=S)NC(c3ccccc3)C(c3nc(-c4ccc(C)cc4)no3)=C2C)cc1. The minimum absolute atomic E-state index is 0.228. The van der Waals surface area contributed by atoms with Crippen molar-refractivity contribution in [1.29, 1.82) is 0 Å². The van der Waals surface area contributed by atoms with Crippen LogP contribution >= 0.6 is 12.2 Å². The van der Waals surface area contributed by atoms with Crippen LogP contribution in [0, 0.1) is 6.92 Å². The summed E-state index contributed by atoms with van der Waals surface area (Å²) in [6.45, 7) is 6.67. The van der Waals surface area contributed by atoms with Crippen LogP contribution in [-0.2, 0) is 0 Å². The number of benzene rings is 3. The summed E-state index contributed by atoms with van der Waals surface area (Å²) >= 11 is 5.83. The number of thiocarbonyl (C=S) groups is 1. The van der Waals surface area contributed by atoms with Gasteiger partial charge in [0.15, 0.2) is 5.11 Å². The molecule has 4 aromatic rings. The first-order valence-electron chi connectivity index (χ1n) is 11.6. The molecule has 0 bridgehead atoms. The second-order valence-corrected chi connectivity index (χ2v) is 8.73. The van der Waals surface area contributed by atoms with Crippen molar-refractivity contribution >= 4 is 28.6 Å². The van der Waals surface area contributed by atoms with Gasteiger partial charge in [-0.1, -0.05) is 65.3 Å². The number of nitrogens with zero attached hydrogens (tertiary/aromatic N) is 3. The highest BCUT2D eigenvalue weighted by Crippen LogP contribution is 2.39. The molecule has 35 heavy (non-hydrogen) atoms. The highest BCUT2D eigenvalue weighted by molar-refractivity contribution is 7.80. The molecule has 1 aromatic heterocycles. The van der Waals surface area contributed by atoms with E-state index in [-0.39, 0.29) is 6.04 Å². The summed E-state index contributed by atoms with van der Waals surface area (Å²) in [4.78, 5) is 6.78. The largest absolute Gasteiger partial charge is 0.494 e. The zero-order valence-corrected chi connectivity index (χ0v) is 20.7. The van der Waals surface area contributed by atoms with Gasteiger partial charge in [-0.25, -0.2) is 0 Å². The highest BCUT2D eigenvalue weighted by atomic mass is 32.1. The Morgan fingerprint density at radius 2 is 1.69 bits per heavy atom. The van der Waals surface area contributed by atoms with Crippen LogP contribution in [0.4, 0.5) is 5.69 Å². The van der Waals surface area contributed by atoms with Gasteiger partial charge in [0, 0.05) is 16.9 Å². The number of aromatic nitrogens is 2. The predicted molar refractivity (Wildman–Crippen MR) is 142 cm³/mol. The molecule has 7 heteroatoms. The zero-order valence-electron chi connectivity index (χ0n) is 19.9. The van der Waals surface area contributed by atoms with Gasteiger partial charge in [0.2, 0.25) is 5.82 Å². The lowest BCUT2D eigenvalue weighted by Crippen LogP contribution is -2.46. The summed E-state index contributed by atoms with van der Waals surface area (Å²) in [5, 5.41) is 8.38. The van der Waals surface area contributed by atoms with Crippen LogP contribution in [0.3, 0.4) is 0 Å². The van der Waals surface area contributed by atoms with Crippen LogP contribution in [0.25, 0.3) is 17.0 Å². The van der Waals surface area contributed by atoms with Gasteiger partial charge in [0.25, 0.3) is 5.89 Å². The smallest absolute Gasteiger partial charge is 0.258 e. The molecule has 3 aromatic carbocycles. The molecular formula is C28H26N4O2S. The van der Waals surface area contributed by atoms with Gasteiger partial charge in [-0.15, -0.1) is 0 Å². The Kier molecular flexibility index (Phi) is 6.33. The van der Waals surface area contributed by atoms with Crippen LogP contribution in [0.1, 0.15) is 36.9 Å². The normalized spacial score (nSPS) is 15.8. The van der Waals surface area contributed by atoms with Gasteiger partial charge in [-0.2, -0.15) is 4.98 Å². The maximum Gasteiger partial charge on any atom is 0.258 e. The van der Waals surface area contributed by atoms with Crippen molar-refractivity contribution in [2.45, 2.75) is 26.8 Å². The summed E-state index contributed by atoms with van der Waals surface area (Å²) in [6, 6.07) is 25.9. The number of ether oxygens (including phenoxy) is 1. The molecule has 1 aliphatic heterocycles. The zero-order chi connectivity index (χ0) is 24.4. The Morgan fingerprint density at radius 3 is 2.37 bits per heavy atom. The Morgan fingerprint density at radius 1 is 0.971 bits per heavy atom. The maximum absolute atomic E-state index is 5.83. The molecule has 0 saturated heterocycles. The van der Waals surface area contributed by atoms with E-state index >= 15 is 0 Å². The third kappa shape index (κ3) is 4.55. The van der Waals surface area contributed by atoms with Crippen molar-refractivity contribution in [2.75, 3.05) is 11.5 Å². The molecule has 5 rings (SSSR count).